The molecular formula is C36H53F3N4O5. The molecule has 4 rings (SSSR count). The number of carbonyl (C=O) groups is 2. The van der Waals surface area contributed by atoms with Gasteiger partial charge in [-0.15, -0.1) is 0 Å². The average Bonchev–Trinajstić information content (AvgIpc) is 3.05. The number of aromatic nitrogens is 2. The summed E-state index contributed by atoms with van der Waals surface area (Å²) in [5, 5.41) is 21.5. The van der Waals surface area contributed by atoms with Crippen molar-refractivity contribution in [3.63, 3.8) is 0 Å². The van der Waals surface area contributed by atoms with Gasteiger partial charge in [0.2, 0.25) is 11.7 Å². The van der Waals surface area contributed by atoms with Gasteiger partial charge in [0.1, 0.15) is 5.82 Å². The van der Waals surface area contributed by atoms with Crippen molar-refractivity contribution in [2.75, 3.05) is 24.6 Å². The maximum atomic E-state index is 12.5. The molecule has 1 unspecified atom stereocenters. The summed E-state index contributed by atoms with van der Waals surface area (Å²) in [7, 11) is 0. The van der Waals surface area contributed by atoms with Gasteiger partial charge in [-0.05, 0) is 109 Å². The van der Waals surface area contributed by atoms with Crippen molar-refractivity contribution < 1.29 is 37.7 Å². The van der Waals surface area contributed by atoms with Crippen LogP contribution in [0.3, 0.4) is 0 Å². The van der Waals surface area contributed by atoms with E-state index in [1.54, 1.807) is 11.0 Å². The molecule has 48 heavy (non-hydrogen) atoms. The Hall–Kier alpha value is -3.25. The van der Waals surface area contributed by atoms with Gasteiger partial charge in [0, 0.05) is 31.9 Å². The Morgan fingerprint density at radius 2 is 1.79 bits per heavy atom. The van der Waals surface area contributed by atoms with Crippen molar-refractivity contribution in [3.8, 4) is 0 Å². The van der Waals surface area contributed by atoms with Crippen molar-refractivity contribution in [1.82, 2.24) is 15.3 Å². The molecule has 1 aliphatic carbocycles. The van der Waals surface area contributed by atoms with E-state index in [-0.39, 0.29) is 30.0 Å². The zero-order valence-corrected chi connectivity index (χ0v) is 28.7. The second kappa shape index (κ2) is 18.5. The highest BCUT2D eigenvalue weighted by Gasteiger charge is 2.36. The third-order valence-electron chi connectivity index (χ3n) is 9.18. The number of allylic oxidation sites excluding steroid dienone is 4. The summed E-state index contributed by atoms with van der Waals surface area (Å²) in [6.45, 7) is 9.41. The predicted molar refractivity (Wildman–Crippen MR) is 179 cm³/mol. The van der Waals surface area contributed by atoms with E-state index in [1.165, 1.54) is 24.5 Å². The quantitative estimate of drug-likeness (QED) is 0.181. The smallest absolute Gasteiger partial charge is 0.451 e. The first kappa shape index (κ1) is 39.2. The number of ether oxygens (including phenoxy) is 1. The van der Waals surface area contributed by atoms with Crippen LogP contribution in [0.4, 0.5) is 19.0 Å². The second-order valence-electron chi connectivity index (χ2n) is 13.8. The third-order valence-corrected chi connectivity index (χ3v) is 9.18. The Balaban J connectivity index is 0.000000284. The molecule has 2 saturated heterocycles. The van der Waals surface area contributed by atoms with E-state index in [9.17, 15) is 27.9 Å². The van der Waals surface area contributed by atoms with E-state index in [1.807, 2.05) is 13.0 Å². The first-order chi connectivity index (χ1) is 22.7. The van der Waals surface area contributed by atoms with Gasteiger partial charge in [0.05, 0.1) is 17.6 Å². The van der Waals surface area contributed by atoms with Crippen molar-refractivity contribution in [2.45, 2.75) is 116 Å². The molecule has 1 amide bonds. The molecule has 3 heterocycles. The number of aliphatic hydroxyl groups excluding tert-OH is 1. The molecule has 0 radical (unpaired) electrons. The molecule has 3 N–H and O–H groups in total. The van der Waals surface area contributed by atoms with Crippen LogP contribution in [0.2, 0.25) is 0 Å². The minimum Gasteiger partial charge on any atom is -0.481 e. The number of aliphatic hydroxyl groups is 1. The van der Waals surface area contributed by atoms with E-state index in [2.05, 4.69) is 54.3 Å². The number of piperidine rings is 1. The van der Waals surface area contributed by atoms with Crippen LogP contribution < -0.4 is 10.2 Å². The number of carboxylic acids is 1. The van der Waals surface area contributed by atoms with Crippen LogP contribution in [0, 0.1) is 17.8 Å². The van der Waals surface area contributed by atoms with Crippen LogP contribution in [0.15, 0.2) is 48.2 Å². The molecular weight excluding hydrogens is 625 g/mol. The lowest BCUT2D eigenvalue weighted by molar-refractivity contribution is -0.145. The molecule has 0 spiro atoms. The molecule has 0 bridgehead atoms. The number of nitrogens with zero attached hydrogens (tertiary/aromatic N) is 3. The SMILES string of the molecule is CC/C=C\C(=O)NC1CCC(C/C=C(C)/C=C/[C@@H]2CC(CO)CC(C)(C)O2)CC1.O=C(O)C1CCN(c2ccnc(C(F)(F)F)n2)CC1. The molecule has 3 fully saturated rings. The number of halogens is 3. The van der Waals surface area contributed by atoms with Crippen LogP contribution in [0.5, 0.6) is 0 Å². The Kier molecular flexibility index (Phi) is 15.1. The van der Waals surface area contributed by atoms with Crippen molar-refractivity contribution >= 4 is 17.7 Å². The van der Waals surface area contributed by atoms with Crippen molar-refractivity contribution in [1.29, 1.82) is 0 Å². The lowest BCUT2D eigenvalue weighted by Crippen LogP contribution is -2.39. The summed E-state index contributed by atoms with van der Waals surface area (Å²) in [4.78, 5) is 30.9. The zero-order chi connectivity index (χ0) is 35.3. The van der Waals surface area contributed by atoms with Crippen molar-refractivity contribution in [2.24, 2.45) is 17.8 Å². The molecule has 1 aromatic rings. The summed E-state index contributed by atoms with van der Waals surface area (Å²) >= 11 is 0. The Bertz CT molecular complexity index is 1270. The monoisotopic (exact) mass is 678 g/mol. The predicted octanol–water partition coefficient (Wildman–Crippen LogP) is 6.88. The first-order valence-corrected chi connectivity index (χ1v) is 17.2. The van der Waals surface area contributed by atoms with Crippen LogP contribution in [0.1, 0.15) is 97.7 Å². The summed E-state index contributed by atoms with van der Waals surface area (Å²) in [6.07, 6.45) is 15.9. The molecule has 12 heteroatoms. The summed E-state index contributed by atoms with van der Waals surface area (Å²) in [5.41, 5.74) is 1.11. The van der Waals surface area contributed by atoms with Gasteiger partial charge in [-0.2, -0.15) is 13.2 Å². The van der Waals surface area contributed by atoms with E-state index < -0.39 is 23.9 Å². The molecule has 0 aromatic carbocycles. The van der Waals surface area contributed by atoms with E-state index in [0.29, 0.717) is 43.8 Å². The van der Waals surface area contributed by atoms with E-state index >= 15 is 0 Å². The molecule has 1 aromatic heterocycles. The fourth-order valence-corrected chi connectivity index (χ4v) is 6.58. The van der Waals surface area contributed by atoms with Gasteiger partial charge in [-0.1, -0.05) is 36.8 Å². The molecule has 9 nitrogen and oxygen atoms in total. The third kappa shape index (κ3) is 13.3. The maximum absolute atomic E-state index is 12.5. The molecule has 3 aliphatic rings. The number of aliphatic carboxylic acids is 1. The average molecular weight is 679 g/mol. The Morgan fingerprint density at radius 3 is 2.40 bits per heavy atom. The van der Waals surface area contributed by atoms with Gasteiger partial charge >= 0.3 is 12.1 Å². The summed E-state index contributed by atoms with van der Waals surface area (Å²) in [5.74, 6) is -1.20. The first-order valence-electron chi connectivity index (χ1n) is 17.2. The number of amides is 1. The van der Waals surface area contributed by atoms with Gasteiger partial charge in [-0.3, -0.25) is 9.59 Å². The number of carboxylic acid groups (broad SMARTS) is 1. The zero-order valence-electron chi connectivity index (χ0n) is 28.7. The summed E-state index contributed by atoms with van der Waals surface area (Å²) in [6, 6.07) is 1.73. The largest absolute Gasteiger partial charge is 0.481 e. The number of rotatable bonds is 10. The fourth-order valence-electron chi connectivity index (χ4n) is 6.58. The fraction of sp³-hybridized carbons (Fsp3) is 0.667. The number of alkyl halides is 3. The number of carbonyl (C=O) groups excluding carboxylic acids is 1. The summed E-state index contributed by atoms with van der Waals surface area (Å²) < 4.78 is 43.6. The molecule has 2 atom stereocenters. The minimum atomic E-state index is -4.57. The minimum absolute atomic E-state index is 0.0488. The van der Waals surface area contributed by atoms with Crippen LogP contribution in [-0.4, -0.2) is 69.5 Å². The van der Waals surface area contributed by atoms with Gasteiger partial charge in [-0.25, -0.2) is 9.97 Å². The normalized spacial score (nSPS) is 25.5. The van der Waals surface area contributed by atoms with Gasteiger partial charge in [0.25, 0.3) is 0 Å². The van der Waals surface area contributed by atoms with Gasteiger partial charge in [0.15, 0.2) is 0 Å². The number of nitrogens with one attached hydrogen (secondary N) is 1. The standard InChI is InChI=1S/C25H41NO3.C11H12F3N3O2/c1-5-6-7-24(28)26-22-13-11-20(12-14-22)10-8-19(2)9-15-23-16-21(18-27)17-25(3,4)29-23;12-11(13,14)10-15-4-1-8(16-10)17-5-2-7(3-6-17)9(18)19/h6-9,15,20-23,27H,5,10-14,16-18H2,1-4H3,(H,26,28);1,4,7H,2-3,5-6H2,(H,18,19)/b7-6-,15-9+,19-8+;/t20?,21?,22?,23-;/m1./s1. The lowest BCUT2D eigenvalue weighted by atomic mass is 9.83. The highest BCUT2D eigenvalue weighted by molar-refractivity contribution is 5.87. The molecule has 1 saturated carbocycles. The van der Waals surface area contributed by atoms with Crippen LogP contribution in [-0.2, 0) is 20.5 Å². The highest BCUT2D eigenvalue weighted by Crippen LogP contribution is 2.33. The van der Waals surface area contributed by atoms with E-state index in [0.717, 1.165) is 44.7 Å². The number of hydrogen-bond acceptors (Lipinski definition) is 7. The van der Waals surface area contributed by atoms with E-state index in [4.69, 9.17) is 9.84 Å². The molecule has 2 aliphatic heterocycles. The van der Waals surface area contributed by atoms with Crippen LogP contribution in [0.25, 0.3) is 0 Å². The Morgan fingerprint density at radius 1 is 1.10 bits per heavy atom. The highest BCUT2D eigenvalue weighted by atomic mass is 19.4. The van der Waals surface area contributed by atoms with Crippen molar-refractivity contribution in [3.05, 3.63) is 54.0 Å². The number of anilines is 1. The number of hydrogen-bond donors (Lipinski definition) is 3. The second-order valence-corrected chi connectivity index (χ2v) is 13.8. The lowest BCUT2D eigenvalue weighted by Gasteiger charge is -2.39. The topological polar surface area (TPSA) is 125 Å². The van der Waals surface area contributed by atoms with Gasteiger partial charge < -0.3 is 25.2 Å². The Labute approximate surface area is 282 Å². The van der Waals surface area contributed by atoms with Crippen LogP contribution >= 0.6 is 0 Å². The maximum Gasteiger partial charge on any atom is 0.451 e. The molecule has 268 valence electrons.